The fraction of sp³-hybridized carbons (Fsp3) is 0.667. The second-order valence-corrected chi connectivity index (χ2v) is 7.56. The number of hydrogen-bond acceptors (Lipinski definition) is 4. The Labute approximate surface area is 144 Å². The number of likely N-dealkylation sites (tertiary alicyclic amines) is 1. The number of piperidine rings is 1. The molecule has 2 rings (SSSR count). The number of carbonyl (C=O) groups excluding carboxylic acids is 2. The van der Waals surface area contributed by atoms with Gasteiger partial charge in [-0.15, -0.1) is 0 Å². The summed E-state index contributed by atoms with van der Waals surface area (Å²) in [5.41, 5.74) is -0.0173. The molecule has 0 radical (unpaired) electrons. The summed E-state index contributed by atoms with van der Waals surface area (Å²) in [5, 5.41) is 6.92. The van der Waals surface area contributed by atoms with E-state index in [2.05, 4.69) is 26.3 Å². The molecule has 1 N–H and O–H groups in total. The van der Waals surface area contributed by atoms with Crippen molar-refractivity contribution in [1.82, 2.24) is 20.0 Å². The summed E-state index contributed by atoms with van der Waals surface area (Å²) in [6, 6.07) is -0.102. The van der Waals surface area contributed by atoms with Crippen molar-refractivity contribution in [3.05, 3.63) is 16.4 Å². The first-order chi connectivity index (χ1) is 10.7. The number of hydrogen-bond donors (Lipinski definition) is 1. The van der Waals surface area contributed by atoms with Gasteiger partial charge in [0.05, 0.1) is 10.7 Å². The molecule has 0 aromatic carbocycles. The van der Waals surface area contributed by atoms with Crippen LogP contribution in [-0.4, -0.2) is 51.4 Å². The van der Waals surface area contributed by atoms with Gasteiger partial charge < -0.3 is 15.0 Å². The molecule has 1 fully saturated rings. The number of amides is 2. The van der Waals surface area contributed by atoms with Gasteiger partial charge in [0.2, 0.25) is 0 Å². The average Bonchev–Trinajstić information content (AvgIpc) is 2.75. The van der Waals surface area contributed by atoms with E-state index in [1.165, 1.54) is 0 Å². The van der Waals surface area contributed by atoms with Gasteiger partial charge in [-0.2, -0.15) is 5.10 Å². The molecule has 0 saturated carbocycles. The molecule has 23 heavy (non-hydrogen) atoms. The molecule has 2 heterocycles. The summed E-state index contributed by atoms with van der Waals surface area (Å²) >= 11 is 3.35. The van der Waals surface area contributed by atoms with Gasteiger partial charge in [-0.3, -0.25) is 9.48 Å². The zero-order valence-corrected chi connectivity index (χ0v) is 15.5. The number of aryl methyl sites for hydroxylation is 1. The number of halogens is 1. The number of carbonyl (C=O) groups is 2. The van der Waals surface area contributed by atoms with Gasteiger partial charge >= 0.3 is 6.09 Å². The van der Waals surface area contributed by atoms with Gasteiger partial charge in [0.25, 0.3) is 5.91 Å². The molecule has 8 heteroatoms. The Morgan fingerprint density at radius 3 is 2.70 bits per heavy atom. The topological polar surface area (TPSA) is 76.5 Å². The van der Waals surface area contributed by atoms with Crippen LogP contribution in [0.1, 0.15) is 44.1 Å². The van der Waals surface area contributed by atoms with E-state index in [0.717, 1.165) is 12.8 Å². The highest BCUT2D eigenvalue weighted by atomic mass is 79.9. The van der Waals surface area contributed by atoms with E-state index in [1.807, 2.05) is 20.8 Å². The molecule has 1 saturated heterocycles. The smallest absolute Gasteiger partial charge is 0.407 e. The zero-order valence-electron chi connectivity index (χ0n) is 13.9. The lowest BCUT2D eigenvalue weighted by atomic mass is 10.1. The summed E-state index contributed by atoms with van der Waals surface area (Å²) in [7, 11) is 1.73. The summed E-state index contributed by atoms with van der Waals surface area (Å²) in [5.74, 6) is -0.0902. The Morgan fingerprint density at radius 1 is 1.43 bits per heavy atom. The van der Waals surface area contributed by atoms with Crippen molar-refractivity contribution < 1.29 is 14.3 Å². The Kier molecular flexibility index (Phi) is 5.33. The van der Waals surface area contributed by atoms with E-state index in [9.17, 15) is 9.59 Å². The Morgan fingerprint density at radius 2 is 2.13 bits per heavy atom. The second kappa shape index (κ2) is 6.90. The maximum atomic E-state index is 12.7. The number of alkyl carbamates (subject to hydrolysis) is 1. The van der Waals surface area contributed by atoms with Crippen LogP contribution in [-0.2, 0) is 11.8 Å². The van der Waals surface area contributed by atoms with Crippen LogP contribution in [0, 0.1) is 0 Å². The molecule has 0 spiro atoms. The normalized spacial score (nSPS) is 18.7. The summed E-state index contributed by atoms with van der Waals surface area (Å²) < 4.78 is 7.50. The minimum atomic E-state index is -0.534. The first-order valence-corrected chi connectivity index (χ1v) is 8.43. The largest absolute Gasteiger partial charge is 0.444 e. The molecule has 1 aromatic rings. The highest BCUT2D eigenvalue weighted by Crippen LogP contribution is 2.20. The fourth-order valence-corrected chi connectivity index (χ4v) is 3.07. The van der Waals surface area contributed by atoms with Gasteiger partial charge in [-0.25, -0.2) is 4.79 Å². The summed E-state index contributed by atoms with van der Waals surface area (Å²) in [4.78, 5) is 26.3. The fourth-order valence-electron chi connectivity index (χ4n) is 2.55. The van der Waals surface area contributed by atoms with E-state index in [1.54, 1.807) is 22.8 Å². The Bertz CT molecular complexity index is 575. The number of rotatable bonds is 2. The second-order valence-electron chi connectivity index (χ2n) is 6.70. The standard InChI is InChI=1S/C15H23BrN4O3/c1-15(2,3)23-14(22)18-10-6-5-7-20(9-10)13(21)12-11(16)8-17-19(12)4/h8,10H,5-7,9H2,1-4H3,(H,18,22)/t10-/m0/s1. The lowest BCUT2D eigenvalue weighted by Gasteiger charge is -2.33. The van der Waals surface area contributed by atoms with Crippen LogP contribution in [0.15, 0.2) is 10.7 Å². The van der Waals surface area contributed by atoms with Gasteiger partial charge in [-0.1, -0.05) is 0 Å². The minimum Gasteiger partial charge on any atom is -0.444 e. The van der Waals surface area contributed by atoms with Gasteiger partial charge in [0.15, 0.2) is 0 Å². The molecule has 0 unspecified atom stereocenters. The molecule has 1 aromatic heterocycles. The number of nitrogens with zero attached hydrogens (tertiary/aromatic N) is 3. The predicted octanol–water partition coefficient (Wildman–Crippen LogP) is 2.31. The molecule has 0 bridgehead atoms. The molecule has 128 valence electrons. The van der Waals surface area contributed by atoms with Crippen LogP contribution in [0.25, 0.3) is 0 Å². The first kappa shape index (κ1) is 17.8. The first-order valence-electron chi connectivity index (χ1n) is 7.63. The highest BCUT2D eigenvalue weighted by molar-refractivity contribution is 9.10. The minimum absolute atomic E-state index is 0.0902. The quantitative estimate of drug-likeness (QED) is 0.845. The molecule has 0 aliphatic carbocycles. The van der Waals surface area contributed by atoms with Crippen molar-refractivity contribution in [2.45, 2.75) is 45.3 Å². The Balaban J connectivity index is 1.98. The highest BCUT2D eigenvalue weighted by Gasteiger charge is 2.29. The van der Waals surface area contributed by atoms with Gasteiger partial charge in [-0.05, 0) is 49.5 Å². The van der Waals surface area contributed by atoms with Crippen molar-refractivity contribution in [2.75, 3.05) is 13.1 Å². The average molecular weight is 387 g/mol. The van der Waals surface area contributed by atoms with Crippen LogP contribution < -0.4 is 5.32 Å². The van der Waals surface area contributed by atoms with Crippen molar-refractivity contribution >= 4 is 27.9 Å². The lowest BCUT2D eigenvalue weighted by Crippen LogP contribution is -2.50. The van der Waals surface area contributed by atoms with Crippen LogP contribution in [0.2, 0.25) is 0 Å². The van der Waals surface area contributed by atoms with Crippen LogP contribution >= 0.6 is 15.9 Å². The maximum Gasteiger partial charge on any atom is 0.407 e. The monoisotopic (exact) mass is 386 g/mol. The van der Waals surface area contributed by atoms with Crippen molar-refractivity contribution in [3.63, 3.8) is 0 Å². The number of ether oxygens (including phenoxy) is 1. The Hall–Kier alpha value is -1.57. The van der Waals surface area contributed by atoms with Crippen molar-refractivity contribution in [2.24, 2.45) is 7.05 Å². The molecule has 1 aliphatic rings. The molecule has 7 nitrogen and oxygen atoms in total. The predicted molar refractivity (Wildman–Crippen MR) is 89.2 cm³/mol. The summed E-state index contributed by atoms with van der Waals surface area (Å²) in [6.07, 6.45) is 2.82. The van der Waals surface area contributed by atoms with E-state index in [-0.39, 0.29) is 11.9 Å². The maximum absolute atomic E-state index is 12.7. The van der Waals surface area contributed by atoms with Gasteiger partial charge in [0.1, 0.15) is 11.3 Å². The molecule has 1 aliphatic heterocycles. The van der Waals surface area contributed by atoms with Gasteiger partial charge in [0, 0.05) is 26.2 Å². The number of nitrogens with one attached hydrogen (secondary N) is 1. The third-order valence-corrected chi connectivity index (χ3v) is 4.11. The van der Waals surface area contributed by atoms with E-state index < -0.39 is 11.7 Å². The third-order valence-electron chi connectivity index (χ3n) is 3.53. The van der Waals surface area contributed by atoms with Crippen LogP contribution in [0.5, 0.6) is 0 Å². The van der Waals surface area contributed by atoms with Crippen molar-refractivity contribution in [3.8, 4) is 0 Å². The number of aromatic nitrogens is 2. The van der Waals surface area contributed by atoms with Crippen molar-refractivity contribution in [1.29, 1.82) is 0 Å². The zero-order chi connectivity index (χ0) is 17.2. The van der Waals surface area contributed by atoms with Crippen LogP contribution in [0.4, 0.5) is 4.79 Å². The van der Waals surface area contributed by atoms with E-state index in [4.69, 9.17) is 4.74 Å². The SMILES string of the molecule is Cn1ncc(Br)c1C(=O)N1CCC[C@H](NC(=O)OC(C)(C)C)C1. The van der Waals surface area contributed by atoms with E-state index in [0.29, 0.717) is 23.3 Å². The molecular weight excluding hydrogens is 364 g/mol. The molecular formula is C15H23BrN4O3. The molecule has 2 amide bonds. The third kappa shape index (κ3) is 4.70. The molecule has 1 atom stereocenters. The van der Waals surface area contributed by atoms with Crippen LogP contribution in [0.3, 0.4) is 0 Å². The lowest BCUT2D eigenvalue weighted by molar-refractivity contribution is 0.0450. The summed E-state index contributed by atoms with van der Waals surface area (Å²) in [6.45, 7) is 6.61. The van der Waals surface area contributed by atoms with E-state index >= 15 is 0 Å².